The molecule has 0 unspecified atom stereocenters. The fourth-order valence-electron chi connectivity index (χ4n) is 4.97. The zero-order valence-electron chi connectivity index (χ0n) is 18.6. The van der Waals surface area contributed by atoms with E-state index in [0.29, 0.717) is 32.1 Å². The number of piperidine rings is 1. The Kier molecular flexibility index (Phi) is 5.56. The number of aromatic nitrogens is 4. The smallest absolute Gasteiger partial charge is 0.228 e. The van der Waals surface area contributed by atoms with Crippen LogP contribution in [-0.4, -0.2) is 74.4 Å². The molecule has 32 heavy (non-hydrogen) atoms. The summed E-state index contributed by atoms with van der Waals surface area (Å²) in [6.07, 6.45) is 0.944. The van der Waals surface area contributed by atoms with Crippen LogP contribution >= 0.6 is 0 Å². The Bertz CT molecular complexity index is 1140. The van der Waals surface area contributed by atoms with Gasteiger partial charge >= 0.3 is 0 Å². The van der Waals surface area contributed by atoms with Crippen LogP contribution in [0.5, 0.6) is 0 Å². The van der Waals surface area contributed by atoms with E-state index in [2.05, 4.69) is 20.4 Å². The molecule has 0 aliphatic carbocycles. The summed E-state index contributed by atoms with van der Waals surface area (Å²) in [6, 6.07) is 5.87. The Hall–Kier alpha value is -2.62. The van der Waals surface area contributed by atoms with Gasteiger partial charge in [-0.2, -0.15) is 5.10 Å². The van der Waals surface area contributed by atoms with E-state index >= 15 is 4.39 Å². The molecule has 0 radical (unpaired) electrons. The molecule has 2 aromatic heterocycles. The van der Waals surface area contributed by atoms with Crippen molar-refractivity contribution in [3.05, 3.63) is 41.2 Å². The van der Waals surface area contributed by atoms with Gasteiger partial charge in [0.15, 0.2) is 0 Å². The first-order chi connectivity index (χ1) is 15.4. The number of hydrogen-bond donors (Lipinski definition) is 2. The summed E-state index contributed by atoms with van der Waals surface area (Å²) in [5.74, 6) is 1.10. The zero-order valence-corrected chi connectivity index (χ0v) is 18.6. The van der Waals surface area contributed by atoms with E-state index in [1.165, 1.54) is 0 Å². The van der Waals surface area contributed by atoms with Gasteiger partial charge in [0.2, 0.25) is 5.95 Å². The molecule has 2 N–H and O–H groups in total. The molecule has 2 fully saturated rings. The van der Waals surface area contributed by atoms with Crippen molar-refractivity contribution in [1.29, 1.82) is 0 Å². The molecule has 9 heteroatoms. The van der Waals surface area contributed by atoms with Crippen molar-refractivity contribution in [3.8, 4) is 0 Å². The molecule has 0 saturated carbocycles. The van der Waals surface area contributed by atoms with Gasteiger partial charge in [0.1, 0.15) is 12.0 Å². The van der Waals surface area contributed by atoms with Crippen LogP contribution in [-0.2, 0) is 11.8 Å². The number of nitrogens with zero attached hydrogens (tertiary/aromatic N) is 5. The van der Waals surface area contributed by atoms with Crippen LogP contribution in [0.3, 0.4) is 0 Å². The number of alkyl halides is 1. The van der Waals surface area contributed by atoms with Crippen molar-refractivity contribution in [2.45, 2.75) is 44.5 Å². The molecule has 2 aliphatic heterocycles. The predicted octanol–water partition coefficient (Wildman–Crippen LogP) is 2.61. The lowest BCUT2D eigenvalue weighted by atomic mass is 9.84. The van der Waals surface area contributed by atoms with Crippen molar-refractivity contribution in [2.75, 3.05) is 31.6 Å². The molecular weight excluding hydrogens is 411 g/mol. The highest BCUT2D eigenvalue weighted by Crippen LogP contribution is 2.35. The zero-order chi connectivity index (χ0) is 22.4. The summed E-state index contributed by atoms with van der Waals surface area (Å²) >= 11 is 0. The number of benzene rings is 1. The Balaban J connectivity index is 1.39. The Morgan fingerprint density at radius 2 is 2.06 bits per heavy atom. The Morgan fingerprint density at radius 3 is 2.75 bits per heavy atom. The van der Waals surface area contributed by atoms with Gasteiger partial charge in [-0.05, 0) is 50.1 Å². The number of anilines is 2. The molecule has 0 amide bonds. The highest BCUT2D eigenvalue weighted by atomic mass is 19.1. The van der Waals surface area contributed by atoms with Crippen molar-refractivity contribution in [1.82, 2.24) is 24.6 Å². The fourth-order valence-corrected chi connectivity index (χ4v) is 4.97. The Labute approximate surface area is 186 Å². The average molecular weight is 441 g/mol. The summed E-state index contributed by atoms with van der Waals surface area (Å²) in [5.41, 5.74) is 3.74. The number of fused-ring (bicyclic) bond motifs is 1. The molecule has 170 valence electrons. The van der Waals surface area contributed by atoms with Crippen molar-refractivity contribution in [3.63, 3.8) is 0 Å². The quantitative estimate of drug-likeness (QED) is 0.645. The van der Waals surface area contributed by atoms with Crippen molar-refractivity contribution < 1.29 is 14.2 Å². The Morgan fingerprint density at radius 1 is 1.22 bits per heavy atom. The number of hydrogen-bond acceptors (Lipinski definition) is 7. The molecule has 2 saturated heterocycles. The van der Waals surface area contributed by atoms with Crippen molar-refractivity contribution >= 4 is 22.7 Å². The number of aliphatic hydroxyl groups is 1. The molecule has 4 atom stereocenters. The molecule has 2 aliphatic rings. The van der Waals surface area contributed by atoms with Gasteiger partial charge in [0.05, 0.1) is 36.6 Å². The number of nitrogens with one attached hydrogen (secondary N) is 1. The first kappa shape index (κ1) is 21.2. The summed E-state index contributed by atoms with van der Waals surface area (Å²) in [5, 5.41) is 18.6. The summed E-state index contributed by atoms with van der Waals surface area (Å²) in [7, 11) is 1.86. The first-order valence-electron chi connectivity index (χ1n) is 11.1. The maximum atomic E-state index is 15.3. The molecule has 0 spiro atoms. The van der Waals surface area contributed by atoms with Gasteiger partial charge in [0, 0.05) is 37.2 Å². The van der Waals surface area contributed by atoms with Crippen LogP contribution < -0.4 is 5.32 Å². The van der Waals surface area contributed by atoms with Gasteiger partial charge < -0.3 is 15.2 Å². The SMILES string of the molecule is Cc1cc(Nc2ncc3cc(C)c([C@@H]4CCN([C@@H]5COC[C@@H]5O)C[C@H]4F)cc3n2)n(C)n1. The summed E-state index contributed by atoms with van der Waals surface area (Å²) in [4.78, 5) is 11.2. The maximum Gasteiger partial charge on any atom is 0.228 e. The number of rotatable bonds is 4. The third-order valence-corrected chi connectivity index (χ3v) is 6.67. The topological polar surface area (TPSA) is 88.3 Å². The van der Waals surface area contributed by atoms with Gasteiger partial charge in [-0.15, -0.1) is 0 Å². The molecule has 5 rings (SSSR count). The highest BCUT2D eigenvalue weighted by Gasteiger charge is 2.38. The van der Waals surface area contributed by atoms with E-state index in [0.717, 1.165) is 40.1 Å². The number of aliphatic hydroxyl groups excluding tert-OH is 1. The second kappa shape index (κ2) is 8.38. The standard InChI is InChI=1S/C23H29FN6O2/c1-13-6-15-9-25-23(27-22-7-14(2)28-29(22)3)26-19(15)8-17(13)16-4-5-30(10-18(16)24)20-11-32-12-21(20)31/h6-9,16,18,20-21,31H,4-5,10-12H2,1-3H3,(H,25,26,27)/t16-,18+,20+,21-/m0/s1. The monoisotopic (exact) mass is 440 g/mol. The van der Waals surface area contributed by atoms with Crippen LogP contribution in [0, 0.1) is 13.8 Å². The third kappa shape index (κ3) is 3.96. The first-order valence-corrected chi connectivity index (χ1v) is 11.1. The molecule has 1 aromatic carbocycles. The number of ether oxygens (including phenoxy) is 1. The molecule has 4 heterocycles. The highest BCUT2D eigenvalue weighted by molar-refractivity contribution is 5.81. The van der Waals surface area contributed by atoms with E-state index in [-0.39, 0.29) is 12.0 Å². The normalized spacial score (nSPS) is 26.7. The van der Waals surface area contributed by atoms with E-state index in [1.54, 1.807) is 10.9 Å². The van der Waals surface area contributed by atoms with Gasteiger partial charge in [-0.3, -0.25) is 9.58 Å². The maximum absolute atomic E-state index is 15.3. The third-order valence-electron chi connectivity index (χ3n) is 6.67. The lowest BCUT2D eigenvalue weighted by Gasteiger charge is -2.39. The van der Waals surface area contributed by atoms with Gasteiger partial charge in [0.25, 0.3) is 0 Å². The second-order valence-corrected chi connectivity index (χ2v) is 8.96. The van der Waals surface area contributed by atoms with E-state index in [1.807, 2.05) is 44.0 Å². The largest absolute Gasteiger partial charge is 0.389 e. The second-order valence-electron chi connectivity index (χ2n) is 8.96. The molecule has 3 aromatic rings. The van der Waals surface area contributed by atoms with Crippen LogP contribution in [0.2, 0.25) is 0 Å². The van der Waals surface area contributed by atoms with Gasteiger partial charge in [-0.25, -0.2) is 14.4 Å². The molecule has 8 nitrogen and oxygen atoms in total. The minimum Gasteiger partial charge on any atom is -0.389 e. The van der Waals surface area contributed by atoms with Gasteiger partial charge in [-0.1, -0.05) is 0 Å². The van der Waals surface area contributed by atoms with E-state index in [9.17, 15) is 5.11 Å². The van der Waals surface area contributed by atoms with E-state index in [4.69, 9.17) is 4.74 Å². The van der Waals surface area contributed by atoms with Crippen LogP contribution in [0.15, 0.2) is 24.4 Å². The van der Waals surface area contributed by atoms with E-state index < -0.39 is 12.3 Å². The van der Waals surface area contributed by atoms with Crippen LogP contribution in [0.1, 0.15) is 29.2 Å². The lowest BCUT2D eigenvalue weighted by Crippen LogP contribution is -2.50. The number of halogens is 1. The minimum atomic E-state index is -1.01. The fraction of sp³-hybridized carbons (Fsp3) is 0.522. The summed E-state index contributed by atoms with van der Waals surface area (Å²) < 4.78 is 22.4. The molecular formula is C23H29FN6O2. The summed E-state index contributed by atoms with van der Waals surface area (Å²) in [6.45, 7) is 5.80. The molecule has 0 bridgehead atoms. The van der Waals surface area contributed by atoms with Crippen LogP contribution in [0.25, 0.3) is 10.9 Å². The predicted molar refractivity (Wildman–Crippen MR) is 120 cm³/mol. The number of aryl methyl sites for hydroxylation is 3. The van der Waals surface area contributed by atoms with Crippen LogP contribution in [0.4, 0.5) is 16.2 Å². The van der Waals surface area contributed by atoms with Crippen molar-refractivity contribution in [2.24, 2.45) is 7.05 Å². The lowest BCUT2D eigenvalue weighted by molar-refractivity contribution is 0.0352. The average Bonchev–Trinajstić information content (AvgIpc) is 3.32. The number of likely N-dealkylation sites (tertiary alicyclic amines) is 1. The minimum absolute atomic E-state index is 0.107.